The van der Waals surface area contributed by atoms with Crippen molar-refractivity contribution in [2.24, 2.45) is 0 Å². The average Bonchev–Trinajstić information content (AvgIpc) is 0.688. The third-order valence-corrected chi connectivity index (χ3v) is 32.7. The van der Waals surface area contributed by atoms with Gasteiger partial charge >= 0.3 is 0 Å². The van der Waals surface area contributed by atoms with Gasteiger partial charge in [-0.3, -0.25) is 9.80 Å². The Bertz CT molecular complexity index is 5840. The Morgan fingerprint density at radius 1 is 0.241 bits per heavy atom. The summed E-state index contributed by atoms with van der Waals surface area (Å²) in [5.41, 5.74) is 15.1. The second-order valence-electron chi connectivity index (χ2n) is 32.2. The van der Waals surface area contributed by atoms with Crippen molar-refractivity contribution >= 4 is 132 Å². The highest BCUT2D eigenvalue weighted by Crippen LogP contribution is 2.49. The number of anilines is 9. The molecule has 2 aliphatic rings. The fraction of sp³-hybridized carbons (Fsp3) is 0.0769. The van der Waals surface area contributed by atoms with Crippen molar-refractivity contribution in [1.82, 2.24) is 29.9 Å². The molecule has 0 saturated carbocycles. The number of fused-ring (bicyclic) bond motifs is 4. The quantitative estimate of drug-likeness (QED) is 0.0653. The summed E-state index contributed by atoms with van der Waals surface area (Å²) in [5.74, 6) is 3.07. The summed E-state index contributed by atoms with van der Waals surface area (Å²) in [6.07, 6.45) is 0. The zero-order chi connectivity index (χ0) is 78.5. The molecule has 4 heterocycles. The first-order valence-electron chi connectivity index (χ1n) is 39.9. The van der Waals surface area contributed by atoms with Gasteiger partial charge in [-0.05, 0) is 128 Å². The van der Waals surface area contributed by atoms with Gasteiger partial charge in [-0.2, -0.15) is 19.9 Å². The molecule has 9 nitrogen and oxygen atoms in total. The van der Waals surface area contributed by atoms with E-state index < -0.39 is 16.1 Å². The van der Waals surface area contributed by atoms with Crippen LogP contribution >= 0.6 is 0 Å². The van der Waals surface area contributed by atoms with E-state index in [-0.39, 0.29) is 17.5 Å². The molecule has 0 saturated heterocycles. The summed E-state index contributed by atoms with van der Waals surface area (Å²) < 4.78 is 0. The van der Waals surface area contributed by atoms with E-state index in [4.69, 9.17) is 29.9 Å². The monoisotopic (exact) mass is 1530 g/mol. The number of benzene rings is 15. The molecule has 0 bridgehead atoms. The lowest BCUT2D eigenvalue weighted by atomic mass is 9.33. The van der Waals surface area contributed by atoms with E-state index >= 15 is 0 Å². The Balaban J connectivity index is 0.910. The van der Waals surface area contributed by atoms with Gasteiger partial charge in [0.15, 0.2) is 39.4 Å². The van der Waals surface area contributed by atoms with E-state index in [0.29, 0.717) is 35.2 Å². The topological polar surface area (TPSA) is 87.1 Å². The summed E-state index contributed by atoms with van der Waals surface area (Å²) in [6.45, 7) is 13.5. The molecule has 2 aromatic heterocycles. The minimum absolute atomic E-state index is 0.253. The number of hydrogen-bond donors (Lipinski definition) is 0. The van der Waals surface area contributed by atoms with Crippen LogP contribution in [0.4, 0.5) is 51.7 Å². The number of rotatable bonds is 17. The van der Waals surface area contributed by atoms with E-state index in [2.05, 4.69) is 444 Å². The van der Waals surface area contributed by atoms with Crippen molar-refractivity contribution < 1.29 is 0 Å². The summed E-state index contributed by atoms with van der Waals surface area (Å²) in [4.78, 5) is 41.9. The van der Waals surface area contributed by atoms with Gasteiger partial charge < -0.3 is 4.90 Å². The van der Waals surface area contributed by atoms with Gasteiger partial charge in [0.05, 0.1) is 5.69 Å². The van der Waals surface area contributed by atoms with E-state index in [1.54, 1.807) is 0 Å². The first-order valence-corrected chi connectivity index (χ1v) is 43.9. The molecular weight excluding hydrogens is 1440 g/mol. The molecule has 0 atom stereocenters. The predicted octanol–water partition coefficient (Wildman–Crippen LogP) is 17.6. The van der Waals surface area contributed by atoms with Gasteiger partial charge in [0.1, 0.15) is 0 Å². The van der Waals surface area contributed by atoms with Gasteiger partial charge in [0.25, 0.3) is 6.71 Å². The fourth-order valence-corrected chi connectivity index (χ4v) is 27.2. The molecule has 556 valence electrons. The average molecular weight is 1530 g/mol. The van der Waals surface area contributed by atoms with E-state index in [0.717, 1.165) is 78.5 Å². The zero-order valence-electron chi connectivity index (χ0n) is 65.7. The molecule has 0 aliphatic carbocycles. The summed E-state index contributed by atoms with van der Waals surface area (Å²) in [7, 11) is -6.13. The minimum atomic E-state index is -3.07. The predicted molar refractivity (Wildman–Crippen MR) is 488 cm³/mol. The van der Waals surface area contributed by atoms with Crippen LogP contribution in [0.3, 0.4) is 0 Å². The van der Waals surface area contributed by atoms with Gasteiger partial charge in [0, 0.05) is 56.4 Å². The third-order valence-electron chi connectivity index (χ3n) is 23.1. The Kier molecular flexibility index (Phi) is 18.7. The van der Waals surface area contributed by atoms with E-state index in [1.165, 1.54) is 52.6 Å². The van der Waals surface area contributed by atoms with Gasteiger partial charge in [-0.15, -0.1) is 0 Å². The van der Waals surface area contributed by atoms with Crippen molar-refractivity contribution in [3.63, 3.8) is 0 Å². The van der Waals surface area contributed by atoms with Crippen LogP contribution in [0.5, 0.6) is 0 Å². The summed E-state index contributed by atoms with van der Waals surface area (Å²) >= 11 is 0. The molecule has 17 aromatic rings. The molecule has 0 N–H and O–H groups in total. The normalized spacial score (nSPS) is 12.5. The van der Waals surface area contributed by atoms with Crippen molar-refractivity contribution in [2.45, 2.75) is 52.4 Å². The molecule has 15 aromatic carbocycles. The van der Waals surface area contributed by atoms with Crippen molar-refractivity contribution in [2.75, 3.05) is 14.7 Å². The molecule has 12 heteroatoms. The number of aromatic nitrogens is 6. The van der Waals surface area contributed by atoms with Crippen molar-refractivity contribution in [3.05, 3.63) is 412 Å². The number of para-hydroxylation sites is 2. The van der Waals surface area contributed by atoms with E-state index in [9.17, 15) is 0 Å². The molecule has 19 rings (SSSR count). The molecule has 116 heavy (non-hydrogen) atoms. The SMILES string of the molecule is CC(C)(C)c1ccc2c(c1)B1c3cc(C(C)(C)C)ccc3N(c3nc(-c4ccccc4)nc(-c4cccc([Si](c5ccccc5)(c5ccccc5)c5ccccc5)c4)n3)c3cc(N(c4ccccc4)c4ccccc4)cc(c31)N2c1nc(-c2ccccc2)nc(-c2cccc([Si](c3ccccc3)(c3ccccc3)c3ccccc3)c2)n1. The Morgan fingerprint density at radius 2 is 0.509 bits per heavy atom. The summed E-state index contributed by atoms with van der Waals surface area (Å²) in [6, 6.07) is 146. The fourth-order valence-electron chi connectivity index (χ4n) is 17.6. The summed E-state index contributed by atoms with van der Waals surface area (Å²) in [5, 5.41) is 10.0. The highest BCUT2D eigenvalue weighted by molar-refractivity contribution is 7.20. The van der Waals surface area contributed by atoms with Gasteiger partial charge in [-0.1, -0.05) is 393 Å². The van der Waals surface area contributed by atoms with Crippen LogP contribution in [0.2, 0.25) is 0 Å². The van der Waals surface area contributed by atoms with Crippen LogP contribution < -0.4 is 72.6 Å². The first kappa shape index (κ1) is 72.5. The zero-order valence-corrected chi connectivity index (χ0v) is 67.7. The number of hydrogen-bond acceptors (Lipinski definition) is 9. The van der Waals surface area contributed by atoms with Crippen LogP contribution in [-0.4, -0.2) is 52.8 Å². The Labute approximate surface area is 681 Å². The molecule has 0 fully saturated rings. The van der Waals surface area contributed by atoms with Crippen LogP contribution in [0.15, 0.2) is 400 Å². The second kappa shape index (κ2) is 30.0. The molecule has 0 spiro atoms. The first-order chi connectivity index (χ1) is 56.8. The van der Waals surface area contributed by atoms with Crippen molar-refractivity contribution in [1.29, 1.82) is 0 Å². The van der Waals surface area contributed by atoms with Gasteiger partial charge in [0.2, 0.25) is 11.9 Å². The van der Waals surface area contributed by atoms with Gasteiger partial charge in [-0.25, -0.2) is 9.97 Å². The van der Waals surface area contributed by atoms with Crippen LogP contribution in [-0.2, 0) is 10.8 Å². The van der Waals surface area contributed by atoms with Crippen molar-refractivity contribution in [3.8, 4) is 45.6 Å². The van der Waals surface area contributed by atoms with E-state index in [1.807, 2.05) is 12.1 Å². The Morgan fingerprint density at radius 3 is 0.810 bits per heavy atom. The highest BCUT2D eigenvalue weighted by Gasteiger charge is 2.48. The maximum absolute atomic E-state index is 5.95. The molecular formula is C104H84BN9Si2. The minimum Gasteiger partial charge on any atom is -0.310 e. The largest absolute Gasteiger partial charge is 0.310 e. The number of nitrogens with zero attached hydrogens (tertiary/aromatic N) is 9. The maximum Gasteiger partial charge on any atom is 0.252 e. The van der Waals surface area contributed by atoms with Crippen LogP contribution in [0.1, 0.15) is 52.7 Å². The maximum atomic E-state index is 5.95. The third kappa shape index (κ3) is 12.9. The van der Waals surface area contributed by atoms with Crippen LogP contribution in [0, 0.1) is 0 Å². The molecule has 0 unspecified atom stereocenters. The molecule has 2 aliphatic heterocycles. The lowest BCUT2D eigenvalue weighted by molar-refractivity contribution is 0.590. The lowest BCUT2D eigenvalue weighted by Crippen LogP contribution is -2.74. The molecule has 0 amide bonds. The lowest BCUT2D eigenvalue weighted by Gasteiger charge is -2.44. The highest BCUT2D eigenvalue weighted by atomic mass is 28.3. The van der Waals surface area contributed by atoms with Crippen LogP contribution in [0.25, 0.3) is 45.6 Å². The Hall–Kier alpha value is -13.8. The molecule has 0 radical (unpaired) electrons. The smallest absolute Gasteiger partial charge is 0.252 e. The second-order valence-corrected chi connectivity index (χ2v) is 39.8. The standard InChI is InChI=1S/C104H84BN9Si2/c1-103(2,3)77-63-65-92-90(69-77)105-91-70-78(104(4,5)6)64-66-93(91)114(102-109-98(74-41-19-8-20-42-74)107-100(111-102)76-44-38-62-89(68-76)116(85-55-31-14-32-56-85,86-57-33-15-34-58-86)87-59-35-16-36-60-87)95-72-81(112(79-45-21-9-22-46-79)80-47-23-10-24-48-80)71-94(96(95)105)113(92)101-108-97(73-39-17-7-18-40-73)106-99(110-101)75-43-37-61-88(67-75)115(82-49-25-11-26-50-82,83-51-27-12-28-52-83)84-53-29-13-30-54-84/h7-72H,1-6H3.